The average Bonchev–Trinajstić information content (AvgIpc) is 2.26. The van der Waals surface area contributed by atoms with Gasteiger partial charge in [-0.25, -0.2) is 0 Å². The lowest BCUT2D eigenvalue weighted by atomic mass is 9.87. The molecular weight excluding hydrogens is 188 g/mol. The van der Waals surface area contributed by atoms with E-state index in [0.29, 0.717) is 6.42 Å². The smallest absolute Gasteiger partial charge is 0.303 e. The zero-order chi connectivity index (χ0) is 10.7. The van der Waals surface area contributed by atoms with Crippen LogP contribution in [-0.4, -0.2) is 11.1 Å². The molecule has 1 aliphatic carbocycles. The van der Waals surface area contributed by atoms with E-state index in [-0.39, 0.29) is 6.42 Å². The summed E-state index contributed by atoms with van der Waals surface area (Å²) in [6, 6.07) is 6.31. The van der Waals surface area contributed by atoms with E-state index in [1.807, 2.05) is 0 Å². The van der Waals surface area contributed by atoms with E-state index in [0.717, 1.165) is 12.8 Å². The summed E-state index contributed by atoms with van der Waals surface area (Å²) >= 11 is 0. The predicted octanol–water partition coefficient (Wildman–Crippen LogP) is 2.58. The Balaban J connectivity index is 2.19. The molecule has 2 heteroatoms. The highest BCUT2D eigenvalue weighted by atomic mass is 16.4. The van der Waals surface area contributed by atoms with Crippen molar-refractivity contribution >= 4 is 5.97 Å². The van der Waals surface area contributed by atoms with Gasteiger partial charge in [0.1, 0.15) is 0 Å². The lowest BCUT2D eigenvalue weighted by Gasteiger charge is -2.18. The van der Waals surface area contributed by atoms with Gasteiger partial charge in [0.15, 0.2) is 0 Å². The quantitative estimate of drug-likeness (QED) is 0.821. The number of carbonyl (C=O) groups is 1. The van der Waals surface area contributed by atoms with Crippen LogP contribution >= 0.6 is 0 Å². The van der Waals surface area contributed by atoms with Crippen LogP contribution < -0.4 is 0 Å². The van der Waals surface area contributed by atoms with Crippen LogP contribution in [0.1, 0.15) is 36.0 Å². The number of benzene rings is 1. The third-order valence-corrected chi connectivity index (χ3v) is 3.10. The van der Waals surface area contributed by atoms with Gasteiger partial charge in [0.25, 0.3) is 0 Å². The standard InChI is InChI=1S/C13H16O2/c14-13(15)9-8-11-6-3-5-10-4-1-2-7-12(10)11/h3,5-6H,1-2,4,7-9H2,(H,14,15). The molecule has 0 bridgehead atoms. The van der Waals surface area contributed by atoms with Crippen molar-refractivity contribution < 1.29 is 9.90 Å². The zero-order valence-electron chi connectivity index (χ0n) is 8.83. The van der Waals surface area contributed by atoms with Crippen molar-refractivity contribution in [2.75, 3.05) is 0 Å². The second kappa shape index (κ2) is 4.47. The van der Waals surface area contributed by atoms with Gasteiger partial charge < -0.3 is 5.11 Å². The van der Waals surface area contributed by atoms with Crippen LogP contribution in [0.2, 0.25) is 0 Å². The maximum atomic E-state index is 10.5. The first kappa shape index (κ1) is 10.2. The number of rotatable bonds is 3. The minimum atomic E-state index is -0.705. The molecule has 1 N–H and O–H groups in total. The van der Waals surface area contributed by atoms with Crippen molar-refractivity contribution in [3.8, 4) is 0 Å². The Labute approximate surface area is 89.9 Å². The summed E-state index contributed by atoms with van der Waals surface area (Å²) in [7, 11) is 0. The summed E-state index contributed by atoms with van der Waals surface area (Å²) in [5, 5.41) is 8.68. The van der Waals surface area contributed by atoms with Crippen LogP contribution in [-0.2, 0) is 24.1 Å². The second-order valence-corrected chi connectivity index (χ2v) is 4.16. The Kier molecular flexibility index (Phi) is 3.05. The fraction of sp³-hybridized carbons (Fsp3) is 0.462. The molecule has 0 amide bonds. The molecule has 0 saturated carbocycles. The zero-order valence-corrected chi connectivity index (χ0v) is 8.83. The molecule has 0 aromatic heterocycles. The Morgan fingerprint density at radius 1 is 1.27 bits per heavy atom. The lowest BCUT2D eigenvalue weighted by Crippen LogP contribution is -2.07. The average molecular weight is 204 g/mol. The Bertz CT molecular complexity index is 369. The lowest BCUT2D eigenvalue weighted by molar-refractivity contribution is -0.136. The summed E-state index contributed by atoms with van der Waals surface area (Å²) in [5.74, 6) is -0.705. The fourth-order valence-corrected chi connectivity index (χ4v) is 2.34. The summed E-state index contributed by atoms with van der Waals surface area (Å²) in [6.07, 6.45) is 5.74. The normalized spacial score (nSPS) is 14.7. The molecule has 2 nitrogen and oxygen atoms in total. The molecule has 0 radical (unpaired) electrons. The molecule has 1 aromatic carbocycles. The molecule has 80 valence electrons. The molecule has 0 saturated heterocycles. The van der Waals surface area contributed by atoms with Crippen molar-refractivity contribution in [3.05, 3.63) is 34.9 Å². The van der Waals surface area contributed by atoms with Gasteiger partial charge in [-0.05, 0) is 48.8 Å². The second-order valence-electron chi connectivity index (χ2n) is 4.16. The summed E-state index contributed by atoms with van der Waals surface area (Å²) < 4.78 is 0. The molecule has 0 atom stereocenters. The van der Waals surface area contributed by atoms with Gasteiger partial charge in [-0.15, -0.1) is 0 Å². The molecule has 2 rings (SSSR count). The van der Waals surface area contributed by atoms with Gasteiger partial charge in [-0.1, -0.05) is 18.2 Å². The highest BCUT2D eigenvalue weighted by Gasteiger charge is 2.12. The van der Waals surface area contributed by atoms with Crippen LogP contribution in [0, 0.1) is 0 Å². The van der Waals surface area contributed by atoms with Gasteiger partial charge >= 0.3 is 5.97 Å². The first-order valence-corrected chi connectivity index (χ1v) is 5.59. The third-order valence-electron chi connectivity index (χ3n) is 3.10. The summed E-state index contributed by atoms with van der Waals surface area (Å²) in [4.78, 5) is 10.5. The molecule has 0 aliphatic heterocycles. The Morgan fingerprint density at radius 2 is 2.07 bits per heavy atom. The number of carboxylic acid groups (broad SMARTS) is 1. The maximum absolute atomic E-state index is 10.5. The van der Waals surface area contributed by atoms with E-state index in [2.05, 4.69) is 18.2 Å². The van der Waals surface area contributed by atoms with Crippen LogP contribution in [0.15, 0.2) is 18.2 Å². The Hall–Kier alpha value is -1.31. The van der Waals surface area contributed by atoms with Gasteiger partial charge in [-0.3, -0.25) is 4.79 Å². The number of hydrogen-bond donors (Lipinski definition) is 1. The molecule has 1 aromatic rings. The number of hydrogen-bond acceptors (Lipinski definition) is 1. The number of carboxylic acids is 1. The Morgan fingerprint density at radius 3 is 2.87 bits per heavy atom. The van der Waals surface area contributed by atoms with Gasteiger partial charge in [0, 0.05) is 6.42 Å². The van der Waals surface area contributed by atoms with Crippen molar-refractivity contribution in [2.24, 2.45) is 0 Å². The van der Waals surface area contributed by atoms with Crippen molar-refractivity contribution in [1.82, 2.24) is 0 Å². The van der Waals surface area contributed by atoms with Gasteiger partial charge in [0.05, 0.1) is 0 Å². The molecule has 0 spiro atoms. The first-order valence-electron chi connectivity index (χ1n) is 5.59. The number of aliphatic carboxylic acids is 1. The molecule has 15 heavy (non-hydrogen) atoms. The largest absolute Gasteiger partial charge is 0.481 e. The van der Waals surface area contributed by atoms with E-state index >= 15 is 0 Å². The monoisotopic (exact) mass is 204 g/mol. The molecular formula is C13H16O2. The van der Waals surface area contributed by atoms with Crippen LogP contribution in [0.5, 0.6) is 0 Å². The molecule has 0 heterocycles. The van der Waals surface area contributed by atoms with Crippen molar-refractivity contribution in [1.29, 1.82) is 0 Å². The maximum Gasteiger partial charge on any atom is 0.303 e. The summed E-state index contributed by atoms with van der Waals surface area (Å²) in [6.45, 7) is 0. The van der Waals surface area contributed by atoms with Crippen LogP contribution in [0.3, 0.4) is 0 Å². The number of aryl methyl sites for hydroxylation is 2. The summed E-state index contributed by atoms with van der Waals surface area (Å²) in [5.41, 5.74) is 4.10. The van der Waals surface area contributed by atoms with E-state index in [4.69, 9.17) is 5.11 Å². The van der Waals surface area contributed by atoms with Crippen LogP contribution in [0.25, 0.3) is 0 Å². The molecule has 0 fully saturated rings. The minimum absolute atomic E-state index is 0.246. The third kappa shape index (κ3) is 2.38. The predicted molar refractivity (Wildman–Crippen MR) is 59.0 cm³/mol. The molecule has 1 aliphatic rings. The first-order chi connectivity index (χ1) is 7.27. The highest BCUT2D eigenvalue weighted by Crippen LogP contribution is 2.25. The van der Waals surface area contributed by atoms with Gasteiger partial charge in [0.2, 0.25) is 0 Å². The van der Waals surface area contributed by atoms with E-state index < -0.39 is 5.97 Å². The fourth-order valence-electron chi connectivity index (χ4n) is 2.34. The topological polar surface area (TPSA) is 37.3 Å². The highest BCUT2D eigenvalue weighted by molar-refractivity contribution is 5.67. The van der Waals surface area contributed by atoms with E-state index in [1.165, 1.54) is 29.5 Å². The SMILES string of the molecule is O=C(O)CCc1cccc2c1CCCC2. The minimum Gasteiger partial charge on any atom is -0.481 e. The van der Waals surface area contributed by atoms with E-state index in [9.17, 15) is 4.79 Å². The molecule has 0 unspecified atom stereocenters. The van der Waals surface area contributed by atoms with Crippen LogP contribution in [0.4, 0.5) is 0 Å². The van der Waals surface area contributed by atoms with E-state index in [1.54, 1.807) is 0 Å². The number of fused-ring (bicyclic) bond motifs is 1. The van der Waals surface area contributed by atoms with Gasteiger partial charge in [-0.2, -0.15) is 0 Å². The van der Waals surface area contributed by atoms with Crippen molar-refractivity contribution in [3.63, 3.8) is 0 Å². The van der Waals surface area contributed by atoms with Crippen molar-refractivity contribution in [2.45, 2.75) is 38.5 Å².